The number of nitrogens with one attached hydrogen (secondary N) is 1. The molecule has 3 rings (SSSR count). The fourth-order valence-electron chi connectivity index (χ4n) is 2.36. The minimum absolute atomic E-state index is 0.120. The third-order valence-corrected chi connectivity index (χ3v) is 3.49. The van der Waals surface area contributed by atoms with Crippen LogP contribution in [-0.2, 0) is 16.0 Å². The third-order valence-electron chi connectivity index (χ3n) is 3.49. The maximum Gasteiger partial charge on any atom is 0.231 e. The maximum absolute atomic E-state index is 12.0. The minimum atomic E-state index is -0.120. The highest BCUT2D eigenvalue weighted by Crippen LogP contribution is 2.17. The quantitative estimate of drug-likeness (QED) is 0.926. The van der Waals surface area contributed by atoms with Crippen LogP contribution in [0.3, 0.4) is 0 Å². The molecule has 0 bridgehead atoms. The number of rotatable bonds is 4. The molecule has 1 aliphatic heterocycles. The summed E-state index contributed by atoms with van der Waals surface area (Å²) in [5.41, 5.74) is 2.13. The number of carbonyl (C=O) groups is 1. The van der Waals surface area contributed by atoms with E-state index in [1.54, 1.807) is 18.5 Å². The van der Waals surface area contributed by atoms with Crippen molar-refractivity contribution in [2.45, 2.75) is 6.42 Å². The molecule has 1 fully saturated rings. The molecule has 2 aromatic rings. The zero-order valence-electron chi connectivity index (χ0n) is 12.2. The Morgan fingerprint density at radius 1 is 1.14 bits per heavy atom. The van der Waals surface area contributed by atoms with Gasteiger partial charge in [0.2, 0.25) is 11.9 Å². The van der Waals surface area contributed by atoms with Crippen molar-refractivity contribution >= 4 is 17.5 Å². The van der Waals surface area contributed by atoms with Gasteiger partial charge in [-0.2, -0.15) is 0 Å². The van der Waals surface area contributed by atoms with Crippen molar-refractivity contribution in [1.29, 1.82) is 0 Å². The van der Waals surface area contributed by atoms with Gasteiger partial charge in [0, 0.05) is 31.2 Å². The summed E-state index contributed by atoms with van der Waals surface area (Å²) in [6.07, 6.45) is 3.50. The fourth-order valence-corrected chi connectivity index (χ4v) is 2.36. The first-order valence-electron chi connectivity index (χ1n) is 7.30. The summed E-state index contributed by atoms with van der Waals surface area (Å²) in [5.74, 6) is 0.211. The van der Waals surface area contributed by atoms with Crippen LogP contribution in [0, 0.1) is 0 Å². The van der Waals surface area contributed by atoms with Crippen LogP contribution in [0.25, 0.3) is 0 Å². The number of benzene rings is 1. The summed E-state index contributed by atoms with van der Waals surface area (Å²) < 4.78 is 5.35. The lowest BCUT2D eigenvalue weighted by atomic mass is 10.1. The van der Waals surface area contributed by atoms with Crippen molar-refractivity contribution in [2.75, 3.05) is 36.5 Å². The second-order valence-corrected chi connectivity index (χ2v) is 5.06. The second-order valence-electron chi connectivity index (χ2n) is 5.06. The van der Waals surface area contributed by atoms with Gasteiger partial charge in [-0.25, -0.2) is 9.97 Å². The smallest absolute Gasteiger partial charge is 0.231 e. The Balaban J connectivity index is 1.57. The van der Waals surface area contributed by atoms with Crippen LogP contribution < -0.4 is 10.2 Å². The first kappa shape index (κ1) is 14.5. The molecule has 114 valence electrons. The van der Waals surface area contributed by atoms with Crippen LogP contribution in [0.1, 0.15) is 5.56 Å². The largest absolute Gasteiger partial charge is 0.378 e. The van der Waals surface area contributed by atoms with Crippen molar-refractivity contribution in [3.05, 3.63) is 48.3 Å². The van der Waals surface area contributed by atoms with Crippen molar-refractivity contribution < 1.29 is 9.53 Å². The van der Waals surface area contributed by atoms with E-state index in [0.717, 1.165) is 31.9 Å². The molecular formula is C16H18N4O2. The molecule has 1 aromatic carbocycles. The molecule has 1 amide bonds. The monoisotopic (exact) mass is 298 g/mol. The maximum atomic E-state index is 12.0. The molecule has 0 atom stereocenters. The van der Waals surface area contributed by atoms with Crippen LogP contribution >= 0.6 is 0 Å². The highest BCUT2D eigenvalue weighted by molar-refractivity contribution is 5.90. The molecule has 0 spiro atoms. The number of hydrogen-bond acceptors (Lipinski definition) is 5. The molecule has 0 aliphatic carbocycles. The molecule has 0 unspecified atom stereocenters. The Labute approximate surface area is 129 Å². The topological polar surface area (TPSA) is 67.3 Å². The summed E-state index contributed by atoms with van der Waals surface area (Å²) in [6, 6.07) is 9.77. The molecule has 1 N–H and O–H groups in total. The lowest BCUT2D eigenvalue weighted by Crippen LogP contribution is -2.36. The van der Waals surface area contributed by atoms with Gasteiger partial charge >= 0.3 is 0 Å². The molecule has 2 heterocycles. The van der Waals surface area contributed by atoms with E-state index in [4.69, 9.17) is 4.74 Å². The molecule has 1 aromatic heterocycles. The number of hydrogen-bond donors (Lipinski definition) is 1. The number of carbonyl (C=O) groups excluding carboxylic acids is 1. The molecular weight excluding hydrogens is 280 g/mol. The summed E-state index contributed by atoms with van der Waals surface area (Å²) in [7, 11) is 0. The molecule has 22 heavy (non-hydrogen) atoms. The normalized spacial score (nSPS) is 14.6. The predicted octanol–water partition coefficient (Wildman–Crippen LogP) is 1.49. The minimum Gasteiger partial charge on any atom is -0.378 e. The van der Waals surface area contributed by atoms with Gasteiger partial charge in [-0.05, 0) is 23.8 Å². The third kappa shape index (κ3) is 3.79. The summed E-state index contributed by atoms with van der Waals surface area (Å²) >= 11 is 0. The second kappa shape index (κ2) is 7.00. The van der Waals surface area contributed by atoms with Crippen LogP contribution in [0.2, 0.25) is 0 Å². The Morgan fingerprint density at radius 2 is 1.82 bits per heavy atom. The van der Waals surface area contributed by atoms with Crippen LogP contribution in [0.4, 0.5) is 11.6 Å². The van der Waals surface area contributed by atoms with Gasteiger partial charge in [-0.1, -0.05) is 12.1 Å². The van der Waals surface area contributed by atoms with Crippen molar-refractivity contribution in [2.24, 2.45) is 0 Å². The average molecular weight is 298 g/mol. The molecule has 6 nitrogen and oxygen atoms in total. The number of morpholine rings is 1. The average Bonchev–Trinajstić information content (AvgIpc) is 2.57. The number of nitrogens with zero attached hydrogens (tertiary/aromatic N) is 3. The Morgan fingerprint density at radius 3 is 2.50 bits per heavy atom. The zero-order valence-corrected chi connectivity index (χ0v) is 12.2. The predicted molar refractivity (Wildman–Crippen MR) is 83.8 cm³/mol. The first-order valence-corrected chi connectivity index (χ1v) is 7.30. The van der Waals surface area contributed by atoms with E-state index in [1.807, 2.05) is 24.3 Å². The fraction of sp³-hybridized carbons (Fsp3) is 0.312. The van der Waals surface area contributed by atoms with Gasteiger partial charge in [0.25, 0.3) is 0 Å². The Hall–Kier alpha value is -2.47. The van der Waals surface area contributed by atoms with E-state index in [-0.39, 0.29) is 5.91 Å². The van der Waals surface area contributed by atoms with Gasteiger partial charge < -0.3 is 9.64 Å². The standard InChI is InChI=1S/C16H18N4O2/c21-15(19-16-17-6-1-7-18-16)12-13-2-4-14(5-3-13)20-8-10-22-11-9-20/h1-7H,8-12H2,(H,17,18,19,21). The van der Waals surface area contributed by atoms with Gasteiger partial charge in [-0.3, -0.25) is 10.1 Å². The summed E-state index contributed by atoms with van der Waals surface area (Å²) in [4.78, 5) is 22.2. The van der Waals surface area contributed by atoms with E-state index in [1.165, 1.54) is 5.69 Å². The lowest BCUT2D eigenvalue weighted by Gasteiger charge is -2.28. The summed E-state index contributed by atoms with van der Waals surface area (Å²) in [5, 5.41) is 2.68. The van der Waals surface area contributed by atoms with Gasteiger partial charge in [0.05, 0.1) is 19.6 Å². The SMILES string of the molecule is O=C(Cc1ccc(N2CCOCC2)cc1)Nc1ncccn1. The number of anilines is 2. The first-order chi connectivity index (χ1) is 10.8. The number of aromatic nitrogens is 2. The van der Waals surface area contributed by atoms with Crippen LogP contribution in [-0.4, -0.2) is 42.2 Å². The molecule has 0 saturated carbocycles. The van der Waals surface area contributed by atoms with Crippen LogP contribution in [0.5, 0.6) is 0 Å². The summed E-state index contributed by atoms with van der Waals surface area (Å²) in [6.45, 7) is 3.35. The van der Waals surface area contributed by atoms with E-state index < -0.39 is 0 Å². The molecule has 1 saturated heterocycles. The van der Waals surface area contributed by atoms with E-state index in [0.29, 0.717) is 12.4 Å². The van der Waals surface area contributed by atoms with Gasteiger partial charge in [0.15, 0.2) is 0 Å². The molecule has 1 aliphatic rings. The van der Waals surface area contributed by atoms with Gasteiger partial charge in [0.1, 0.15) is 0 Å². The highest BCUT2D eigenvalue weighted by atomic mass is 16.5. The van der Waals surface area contributed by atoms with Crippen LogP contribution in [0.15, 0.2) is 42.7 Å². The van der Waals surface area contributed by atoms with Crippen molar-refractivity contribution in [1.82, 2.24) is 9.97 Å². The van der Waals surface area contributed by atoms with E-state index in [9.17, 15) is 4.79 Å². The Kier molecular flexibility index (Phi) is 4.60. The zero-order chi connectivity index (χ0) is 15.2. The van der Waals surface area contributed by atoms with Crippen molar-refractivity contribution in [3.63, 3.8) is 0 Å². The van der Waals surface area contributed by atoms with Crippen molar-refractivity contribution in [3.8, 4) is 0 Å². The van der Waals surface area contributed by atoms with E-state index in [2.05, 4.69) is 20.2 Å². The Bertz CT molecular complexity index is 610. The van der Waals surface area contributed by atoms with E-state index >= 15 is 0 Å². The van der Waals surface area contributed by atoms with Gasteiger partial charge in [-0.15, -0.1) is 0 Å². The highest BCUT2D eigenvalue weighted by Gasteiger charge is 2.11. The number of ether oxygens (including phenoxy) is 1. The molecule has 6 heteroatoms. The molecule has 0 radical (unpaired) electrons. The lowest BCUT2D eigenvalue weighted by molar-refractivity contribution is -0.115. The number of amides is 1.